The van der Waals surface area contributed by atoms with Gasteiger partial charge in [0.1, 0.15) is 11.5 Å². The number of fused-ring (bicyclic) bond motifs is 1. The highest BCUT2D eigenvalue weighted by atomic mass is 19.4. The molecule has 2 aromatic rings. The van der Waals surface area contributed by atoms with Gasteiger partial charge in [-0.05, 0) is 42.3 Å². The monoisotopic (exact) mass is 351 g/mol. The predicted octanol–water partition coefficient (Wildman–Crippen LogP) is 3.57. The van der Waals surface area contributed by atoms with E-state index in [1.807, 2.05) is 24.3 Å². The summed E-state index contributed by atoms with van der Waals surface area (Å²) in [6, 6.07) is 12.6. The Bertz CT molecular complexity index is 744. The third kappa shape index (κ3) is 4.65. The molecule has 132 valence electrons. The maximum absolute atomic E-state index is 12.1. The lowest BCUT2D eigenvalue weighted by Gasteiger charge is -2.25. The number of hydrogen-bond donors (Lipinski definition) is 1. The second-order valence-corrected chi connectivity index (χ2v) is 5.77. The van der Waals surface area contributed by atoms with Crippen molar-refractivity contribution in [2.24, 2.45) is 5.92 Å². The molecule has 0 aliphatic carbocycles. The molecular formula is C18H16F3NO3. The van der Waals surface area contributed by atoms with Crippen LogP contribution in [-0.4, -0.2) is 25.4 Å². The van der Waals surface area contributed by atoms with E-state index in [9.17, 15) is 18.0 Å². The molecule has 1 atom stereocenters. The van der Waals surface area contributed by atoms with Crippen LogP contribution in [0.3, 0.4) is 0 Å². The molecule has 0 radical (unpaired) electrons. The fraction of sp³-hybridized carbons (Fsp3) is 0.278. The van der Waals surface area contributed by atoms with E-state index in [1.165, 1.54) is 12.1 Å². The van der Waals surface area contributed by atoms with Crippen molar-refractivity contribution in [1.29, 1.82) is 0 Å². The van der Waals surface area contributed by atoms with Gasteiger partial charge in [-0.2, -0.15) is 0 Å². The highest BCUT2D eigenvalue weighted by Crippen LogP contribution is 2.26. The molecule has 1 N–H and O–H groups in total. The minimum Gasteiger partial charge on any atom is -0.493 e. The number of carbonyl (C=O) groups is 1. The number of benzene rings is 2. The molecule has 1 aliphatic rings. The summed E-state index contributed by atoms with van der Waals surface area (Å²) in [4.78, 5) is 12.1. The minimum absolute atomic E-state index is 0.145. The van der Waals surface area contributed by atoms with Crippen LogP contribution in [0.15, 0.2) is 48.5 Å². The van der Waals surface area contributed by atoms with Crippen LogP contribution >= 0.6 is 0 Å². The molecule has 3 rings (SSSR count). The van der Waals surface area contributed by atoms with Crippen molar-refractivity contribution < 1.29 is 27.4 Å². The van der Waals surface area contributed by atoms with E-state index in [-0.39, 0.29) is 23.1 Å². The molecule has 7 heteroatoms. The summed E-state index contributed by atoms with van der Waals surface area (Å²) in [5.74, 6) is 0.302. The van der Waals surface area contributed by atoms with Crippen LogP contribution in [0.1, 0.15) is 15.9 Å². The average molecular weight is 351 g/mol. The molecule has 1 heterocycles. The molecule has 1 aliphatic heterocycles. The largest absolute Gasteiger partial charge is 0.573 e. The molecule has 25 heavy (non-hydrogen) atoms. The van der Waals surface area contributed by atoms with Crippen molar-refractivity contribution in [3.8, 4) is 11.5 Å². The number of alkyl halides is 3. The van der Waals surface area contributed by atoms with Gasteiger partial charge in [-0.1, -0.05) is 18.2 Å². The standard InChI is InChI=1S/C18H16F3NO3/c19-18(20,21)25-15-7-5-13(6-8-15)17(23)22-10-12-9-14-3-1-2-4-16(14)24-11-12/h1-8,12H,9-11H2,(H,22,23)/t12-/m0/s1. The smallest absolute Gasteiger partial charge is 0.493 e. The summed E-state index contributed by atoms with van der Waals surface area (Å²) in [6.07, 6.45) is -3.95. The quantitative estimate of drug-likeness (QED) is 0.916. The van der Waals surface area contributed by atoms with E-state index in [1.54, 1.807) is 0 Å². The van der Waals surface area contributed by atoms with Crippen LogP contribution in [0.2, 0.25) is 0 Å². The van der Waals surface area contributed by atoms with Crippen LogP contribution in [0.4, 0.5) is 13.2 Å². The van der Waals surface area contributed by atoms with Crippen LogP contribution in [-0.2, 0) is 6.42 Å². The van der Waals surface area contributed by atoms with Gasteiger partial charge in [0.05, 0.1) is 6.61 Å². The van der Waals surface area contributed by atoms with E-state index < -0.39 is 6.36 Å². The summed E-state index contributed by atoms with van der Waals surface area (Å²) < 4.78 is 45.8. The van der Waals surface area contributed by atoms with E-state index in [0.717, 1.165) is 29.9 Å². The van der Waals surface area contributed by atoms with Gasteiger partial charge in [0.25, 0.3) is 5.91 Å². The van der Waals surface area contributed by atoms with Gasteiger partial charge in [0.15, 0.2) is 0 Å². The van der Waals surface area contributed by atoms with Crippen molar-refractivity contribution >= 4 is 5.91 Å². The first-order valence-corrected chi connectivity index (χ1v) is 7.75. The second-order valence-electron chi connectivity index (χ2n) is 5.77. The topological polar surface area (TPSA) is 47.6 Å². The maximum Gasteiger partial charge on any atom is 0.573 e. The van der Waals surface area contributed by atoms with Gasteiger partial charge in [0, 0.05) is 18.0 Å². The van der Waals surface area contributed by atoms with Gasteiger partial charge in [-0.15, -0.1) is 13.2 Å². The SMILES string of the molecule is O=C(NC[C@H]1COc2ccccc2C1)c1ccc(OC(F)(F)F)cc1. The minimum atomic E-state index is -4.75. The van der Waals surface area contributed by atoms with Gasteiger partial charge >= 0.3 is 6.36 Å². The molecule has 0 saturated carbocycles. The van der Waals surface area contributed by atoms with Gasteiger partial charge in [-0.25, -0.2) is 0 Å². The molecule has 0 fully saturated rings. The molecule has 2 aromatic carbocycles. The van der Waals surface area contributed by atoms with Crippen LogP contribution in [0.5, 0.6) is 11.5 Å². The Balaban J connectivity index is 1.53. The molecule has 0 bridgehead atoms. The normalized spacial score (nSPS) is 16.5. The van der Waals surface area contributed by atoms with Crippen LogP contribution < -0.4 is 14.8 Å². The molecular weight excluding hydrogens is 335 g/mol. The fourth-order valence-corrected chi connectivity index (χ4v) is 2.67. The molecule has 0 unspecified atom stereocenters. The third-order valence-electron chi connectivity index (χ3n) is 3.86. The zero-order chi connectivity index (χ0) is 17.9. The first-order chi connectivity index (χ1) is 11.9. The molecule has 0 spiro atoms. The Kier molecular flexibility index (Phi) is 4.83. The van der Waals surface area contributed by atoms with Crippen LogP contribution in [0, 0.1) is 5.92 Å². The Morgan fingerprint density at radius 1 is 1.16 bits per heavy atom. The second kappa shape index (κ2) is 7.04. The number of ether oxygens (including phenoxy) is 2. The first-order valence-electron chi connectivity index (χ1n) is 7.75. The highest BCUT2D eigenvalue weighted by molar-refractivity contribution is 5.94. The van der Waals surface area contributed by atoms with Gasteiger partial charge in [0.2, 0.25) is 0 Å². The summed E-state index contributed by atoms with van der Waals surface area (Å²) in [6.45, 7) is 0.934. The van der Waals surface area contributed by atoms with Crippen molar-refractivity contribution in [2.45, 2.75) is 12.8 Å². The lowest BCUT2D eigenvalue weighted by Crippen LogP contribution is -2.34. The summed E-state index contributed by atoms with van der Waals surface area (Å²) in [7, 11) is 0. The van der Waals surface area contributed by atoms with E-state index in [2.05, 4.69) is 10.1 Å². The predicted molar refractivity (Wildman–Crippen MR) is 84.6 cm³/mol. The highest BCUT2D eigenvalue weighted by Gasteiger charge is 2.31. The first kappa shape index (κ1) is 17.1. The van der Waals surface area contributed by atoms with E-state index in [0.29, 0.717) is 13.2 Å². The Morgan fingerprint density at radius 2 is 1.88 bits per heavy atom. The summed E-state index contributed by atoms with van der Waals surface area (Å²) in [5.41, 5.74) is 1.37. The number of hydrogen-bond acceptors (Lipinski definition) is 3. The number of para-hydroxylation sites is 1. The van der Waals surface area contributed by atoms with Crippen molar-refractivity contribution in [3.63, 3.8) is 0 Å². The van der Waals surface area contributed by atoms with E-state index >= 15 is 0 Å². The number of nitrogens with one attached hydrogen (secondary N) is 1. The zero-order valence-electron chi connectivity index (χ0n) is 13.2. The van der Waals surface area contributed by atoms with Gasteiger partial charge < -0.3 is 14.8 Å². The number of carbonyl (C=O) groups excluding carboxylic acids is 1. The molecule has 1 amide bonds. The lowest BCUT2D eigenvalue weighted by atomic mass is 9.96. The summed E-state index contributed by atoms with van der Waals surface area (Å²) >= 11 is 0. The molecule has 4 nitrogen and oxygen atoms in total. The number of rotatable bonds is 4. The van der Waals surface area contributed by atoms with E-state index in [4.69, 9.17) is 4.74 Å². The van der Waals surface area contributed by atoms with Crippen molar-refractivity contribution in [1.82, 2.24) is 5.32 Å². The number of halogens is 3. The van der Waals surface area contributed by atoms with Gasteiger partial charge in [-0.3, -0.25) is 4.79 Å². The molecule has 0 saturated heterocycles. The number of amides is 1. The lowest BCUT2D eigenvalue weighted by molar-refractivity contribution is -0.274. The van der Waals surface area contributed by atoms with Crippen LogP contribution in [0.25, 0.3) is 0 Å². The van der Waals surface area contributed by atoms with Crippen molar-refractivity contribution in [2.75, 3.05) is 13.2 Å². The summed E-state index contributed by atoms with van der Waals surface area (Å²) in [5, 5.41) is 2.79. The van der Waals surface area contributed by atoms with Crippen molar-refractivity contribution in [3.05, 3.63) is 59.7 Å². The zero-order valence-corrected chi connectivity index (χ0v) is 13.2. The Labute approximate surface area is 142 Å². The Hall–Kier alpha value is -2.70. The Morgan fingerprint density at radius 3 is 2.60 bits per heavy atom. The maximum atomic E-state index is 12.1. The third-order valence-corrected chi connectivity index (χ3v) is 3.86. The average Bonchev–Trinajstić information content (AvgIpc) is 2.59. The fourth-order valence-electron chi connectivity index (χ4n) is 2.67. The molecule has 0 aromatic heterocycles.